The van der Waals surface area contributed by atoms with Gasteiger partial charge < -0.3 is 32.6 Å². The number of phosphoric acid groups is 1. The van der Waals surface area contributed by atoms with Crippen molar-refractivity contribution in [1.82, 2.24) is 0 Å². The van der Waals surface area contributed by atoms with Gasteiger partial charge in [-0.25, -0.2) is 0 Å². The molecule has 1 fully saturated rings. The first-order chi connectivity index (χ1) is 27.1. The molecule has 1 aliphatic rings. The van der Waals surface area contributed by atoms with Gasteiger partial charge in [0, 0.05) is 6.42 Å². The third-order valence-corrected chi connectivity index (χ3v) is 10.8. The second kappa shape index (κ2) is 35.2. The summed E-state index contributed by atoms with van der Waals surface area (Å²) in [7, 11) is 1.27. The molecule has 0 bridgehead atoms. The van der Waals surface area contributed by atoms with Gasteiger partial charge in [-0.15, -0.1) is 0 Å². The van der Waals surface area contributed by atoms with Crippen molar-refractivity contribution in [2.45, 2.75) is 193 Å². The molecule has 1 aliphatic heterocycles. The molecular weight excluding hydrogens is 725 g/mol. The van der Waals surface area contributed by atoms with E-state index in [4.69, 9.17) is 23.3 Å². The first-order valence-electron chi connectivity index (χ1n) is 22.5. The van der Waals surface area contributed by atoms with Crippen LogP contribution in [0.1, 0.15) is 174 Å². The van der Waals surface area contributed by atoms with Crippen molar-refractivity contribution in [3.63, 3.8) is 0 Å². The summed E-state index contributed by atoms with van der Waals surface area (Å²) in [5, 5.41) is 0. The Morgan fingerprint density at radius 2 is 1.21 bits per heavy atom. The van der Waals surface area contributed by atoms with Gasteiger partial charge in [0.15, 0.2) is 6.10 Å². The number of allylic oxidation sites excluding steroid dienone is 6. The molecule has 1 heterocycles. The van der Waals surface area contributed by atoms with Crippen LogP contribution in [-0.2, 0) is 32.6 Å². The van der Waals surface area contributed by atoms with Crippen LogP contribution in [0.4, 0.5) is 0 Å². The molecule has 1 saturated heterocycles. The molecule has 9 nitrogen and oxygen atoms in total. The van der Waals surface area contributed by atoms with Crippen molar-refractivity contribution in [3.05, 3.63) is 48.8 Å². The Kier molecular flexibility index (Phi) is 32.9. The number of nitrogens with zero attached hydrogens (tertiary/aromatic N) is 1. The molecule has 326 valence electrons. The van der Waals surface area contributed by atoms with Crippen LogP contribution in [0.2, 0.25) is 0 Å². The lowest BCUT2D eigenvalue weighted by Gasteiger charge is -2.28. The highest BCUT2D eigenvalue weighted by Gasteiger charge is 2.36. The van der Waals surface area contributed by atoms with Gasteiger partial charge in [0.05, 0.1) is 46.2 Å². The number of hydrogen-bond donors (Lipinski definition) is 0. The Labute approximate surface area is 343 Å². The summed E-state index contributed by atoms with van der Waals surface area (Å²) >= 11 is 0. The molecule has 0 aliphatic carbocycles. The SMILES string of the molecule is CCCCC/C=C\C/C=C\C/C=C\CC1OC1CCCC(=O)O[C@H](CO/C=C/CCCCCCCCCCCCCCCC)COP(=O)([O-])OCC[N+](C)(C)C. The fourth-order valence-electron chi connectivity index (χ4n) is 6.25. The first kappa shape index (κ1) is 52.3. The molecule has 0 amide bonds. The lowest BCUT2D eigenvalue weighted by atomic mass is 10.0. The monoisotopic (exact) mass is 810 g/mol. The molecule has 0 N–H and O–H groups in total. The van der Waals surface area contributed by atoms with E-state index in [0.717, 1.165) is 38.5 Å². The van der Waals surface area contributed by atoms with Crippen molar-refractivity contribution in [3.8, 4) is 0 Å². The van der Waals surface area contributed by atoms with Crippen LogP contribution in [0.15, 0.2) is 48.8 Å². The van der Waals surface area contributed by atoms with E-state index in [2.05, 4.69) is 50.3 Å². The minimum Gasteiger partial charge on any atom is -0.756 e. The second-order valence-electron chi connectivity index (χ2n) is 16.5. The minimum absolute atomic E-state index is 0.00141. The fraction of sp³-hybridized carbons (Fsp3) is 0.804. The molecule has 0 aromatic rings. The standard InChI is InChI=1S/C46H84NO8P/c1-6-8-10-12-14-16-18-20-21-22-23-25-27-29-31-33-39-51-41-43(42-53-56(49,50)52-40-38-47(3,4)5)54-46(48)37-34-36-45-44(55-45)35-32-30-28-26-24-19-17-15-13-11-9-7-2/h15,17,24,26,30,32-33,39,43-45H,6-14,16,18-23,25,27-29,31,34-38,40-42H2,1-5H3/b17-15-,26-24-,32-30-,39-33+/t43-,44?,45?/m1/s1. The molecule has 10 heteroatoms. The van der Waals surface area contributed by atoms with E-state index in [1.165, 1.54) is 109 Å². The highest BCUT2D eigenvalue weighted by molar-refractivity contribution is 7.45. The molecule has 0 aromatic heterocycles. The number of likely N-dealkylation sites (N-methyl/N-ethyl adjacent to an activating group) is 1. The van der Waals surface area contributed by atoms with Gasteiger partial charge in [-0.1, -0.05) is 147 Å². The largest absolute Gasteiger partial charge is 0.756 e. The number of rotatable bonds is 40. The zero-order chi connectivity index (χ0) is 41.0. The van der Waals surface area contributed by atoms with Crippen molar-refractivity contribution in [1.29, 1.82) is 0 Å². The number of esters is 1. The third-order valence-electron chi connectivity index (χ3n) is 9.87. The van der Waals surface area contributed by atoms with Crippen LogP contribution in [0.25, 0.3) is 0 Å². The van der Waals surface area contributed by atoms with E-state index >= 15 is 0 Å². The van der Waals surface area contributed by atoms with Gasteiger partial charge in [-0.05, 0) is 63.9 Å². The van der Waals surface area contributed by atoms with Crippen molar-refractivity contribution in [2.75, 3.05) is 47.5 Å². The quantitative estimate of drug-likeness (QED) is 0.0115. The number of hydrogen-bond acceptors (Lipinski definition) is 8. The maximum Gasteiger partial charge on any atom is 0.306 e. The highest BCUT2D eigenvalue weighted by atomic mass is 31.2. The molecule has 4 atom stereocenters. The van der Waals surface area contributed by atoms with Gasteiger partial charge in [-0.2, -0.15) is 0 Å². The Bertz CT molecular complexity index is 1100. The maximum absolute atomic E-state index is 12.7. The Morgan fingerprint density at radius 3 is 1.84 bits per heavy atom. The van der Waals surface area contributed by atoms with E-state index in [0.29, 0.717) is 17.4 Å². The second-order valence-corrected chi connectivity index (χ2v) is 17.9. The fourth-order valence-corrected chi connectivity index (χ4v) is 6.97. The Morgan fingerprint density at radius 1 is 0.679 bits per heavy atom. The molecular formula is C46H84NO8P. The van der Waals surface area contributed by atoms with E-state index in [9.17, 15) is 14.3 Å². The zero-order valence-electron chi connectivity index (χ0n) is 36.5. The maximum atomic E-state index is 12.7. The summed E-state index contributed by atoms with van der Waals surface area (Å²) in [6.45, 7) is 4.62. The van der Waals surface area contributed by atoms with Gasteiger partial charge in [-0.3, -0.25) is 9.36 Å². The summed E-state index contributed by atoms with van der Waals surface area (Å²) < 4.78 is 40.2. The average molecular weight is 810 g/mol. The van der Waals surface area contributed by atoms with E-state index in [1.807, 2.05) is 27.2 Å². The molecule has 0 saturated carbocycles. The van der Waals surface area contributed by atoms with Crippen molar-refractivity contribution < 1.29 is 42.0 Å². The molecule has 1 rings (SSSR count). The van der Waals surface area contributed by atoms with Gasteiger partial charge in [0.1, 0.15) is 19.8 Å². The van der Waals surface area contributed by atoms with E-state index < -0.39 is 19.9 Å². The predicted octanol–water partition coefficient (Wildman–Crippen LogP) is 11.9. The summed E-state index contributed by atoms with van der Waals surface area (Å²) in [6, 6.07) is 0. The third kappa shape index (κ3) is 35.4. The number of carbonyl (C=O) groups excluding carboxylic acids is 1. The lowest BCUT2D eigenvalue weighted by Crippen LogP contribution is -2.37. The summed E-state index contributed by atoms with van der Waals surface area (Å²) in [6.07, 6.45) is 45.2. The zero-order valence-corrected chi connectivity index (χ0v) is 37.4. The Balaban J connectivity index is 2.30. The molecule has 56 heavy (non-hydrogen) atoms. The van der Waals surface area contributed by atoms with Gasteiger partial charge in [0.2, 0.25) is 0 Å². The average Bonchev–Trinajstić information content (AvgIpc) is 3.90. The molecule has 0 radical (unpaired) electrons. The van der Waals surface area contributed by atoms with Crippen LogP contribution in [0.3, 0.4) is 0 Å². The van der Waals surface area contributed by atoms with E-state index in [-0.39, 0.29) is 38.4 Å². The highest BCUT2D eigenvalue weighted by Crippen LogP contribution is 2.38. The minimum atomic E-state index is -4.57. The normalized spacial score (nSPS) is 17.8. The van der Waals surface area contributed by atoms with Crippen molar-refractivity contribution >= 4 is 13.8 Å². The predicted molar refractivity (Wildman–Crippen MR) is 230 cm³/mol. The van der Waals surface area contributed by atoms with Gasteiger partial charge in [0.25, 0.3) is 7.82 Å². The van der Waals surface area contributed by atoms with Crippen LogP contribution in [-0.4, -0.2) is 76.3 Å². The number of ether oxygens (including phenoxy) is 3. The Hall–Kier alpha value is -1.74. The number of carbonyl (C=O) groups is 1. The van der Waals surface area contributed by atoms with E-state index in [1.54, 1.807) is 6.26 Å². The number of quaternary nitrogens is 1. The first-order valence-corrected chi connectivity index (χ1v) is 24.0. The summed E-state index contributed by atoms with van der Waals surface area (Å²) in [5.41, 5.74) is 0. The van der Waals surface area contributed by atoms with Crippen LogP contribution < -0.4 is 4.89 Å². The summed E-state index contributed by atoms with van der Waals surface area (Å²) in [4.78, 5) is 25.1. The number of unbranched alkanes of at least 4 members (excludes halogenated alkanes) is 17. The molecule has 0 spiro atoms. The van der Waals surface area contributed by atoms with Crippen LogP contribution in [0.5, 0.6) is 0 Å². The summed E-state index contributed by atoms with van der Waals surface area (Å²) in [5.74, 6) is -0.417. The van der Waals surface area contributed by atoms with Crippen LogP contribution in [0, 0.1) is 0 Å². The number of phosphoric ester groups is 1. The topological polar surface area (TPSA) is 107 Å². The van der Waals surface area contributed by atoms with Gasteiger partial charge >= 0.3 is 5.97 Å². The molecule has 0 aromatic carbocycles. The number of epoxide rings is 1. The van der Waals surface area contributed by atoms with Crippen LogP contribution >= 0.6 is 7.82 Å². The lowest BCUT2D eigenvalue weighted by molar-refractivity contribution is -0.870. The van der Waals surface area contributed by atoms with Crippen molar-refractivity contribution in [2.24, 2.45) is 0 Å². The molecule has 3 unspecified atom stereocenters. The smallest absolute Gasteiger partial charge is 0.306 e.